The van der Waals surface area contributed by atoms with E-state index in [4.69, 9.17) is 34.9 Å². The predicted molar refractivity (Wildman–Crippen MR) is 591 cm³/mol. The molecule has 2 aliphatic rings. The summed E-state index contributed by atoms with van der Waals surface area (Å²) in [4.78, 5) is 44.9. The van der Waals surface area contributed by atoms with Crippen LogP contribution in [-0.2, 0) is 95.8 Å². The van der Waals surface area contributed by atoms with Crippen molar-refractivity contribution in [3.05, 3.63) is 460 Å². The molecule has 724 valence electrons. The molecule has 28 aromatic rings. The second-order valence-corrected chi connectivity index (χ2v) is 39.3. The molecule has 149 heavy (non-hydrogen) atoms. The van der Waals surface area contributed by atoms with Gasteiger partial charge in [0, 0.05) is 78.1 Å². The third kappa shape index (κ3) is 17.4. The molecular weight excluding hydrogens is 2280 g/mol. The van der Waals surface area contributed by atoms with Crippen LogP contribution in [-0.4, -0.2) is 69.3 Å². The third-order valence-corrected chi connectivity index (χ3v) is 30.7. The first-order valence-corrected chi connectivity index (χ1v) is 50.8. The molecule has 0 radical (unpaired) electrons. The summed E-state index contributed by atoms with van der Waals surface area (Å²) in [6, 6.07) is 150. The largest absolute Gasteiger partial charge is 2.00 e. The van der Waals surface area contributed by atoms with Crippen LogP contribution in [0.1, 0.15) is 0 Å². The van der Waals surface area contributed by atoms with E-state index in [1.165, 1.54) is 35.4 Å². The number of aromatic nitrogens is 14. The van der Waals surface area contributed by atoms with Gasteiger partial charge in [0.1, 0.15) is 40.6 Å². The van der Waals surface area contributed by atoms with Crippen molar-refractivity contribution in [3.63, 3.8) is 0 Å². The van der Waals surface area contributed by atoms with Crippen LogP contribution in [0.3, 0.4) is 0 Å². The molecule has 0 saturated carbocycles. The van der Waals surface area contributed by atoms with E-state index in [2.05, 4.69) is 407 Å². The van der Waals surface area contributed by atoms with Crippen LogP contribution in [0.2, 0.25) is 0 Å². The third-order valence-electron chi connectivity index (χ3n) is 26.8. The molecule has 0 N–H and O–H groups in total. The molecule has 0 aliphatic carbocycles. The van der Waals surface area contributed by atoms with Gasteiger partial charge in [-0.3, -0.25) is 24.3 Å². The van der Waals surface area contributed by atoms with Crippen molar-refractivity contribution in [1.29, 1.82) is 0 Å². The summed E-state index contributed by atoms with van der Waals surface area (Å²) < 4.78 is 17.4. The molecule has 17 aromatic heterocycles. The molecule has 0 atom stereocenters. The van der Waals surface area contributed by atoms with Crippen LogP contribution >= 0.6 is 45.8 Å². The number of nitrogens with zero attached hydrogens (tertiary/aromatic N) is 17. The Hall–Kier alpha value is -15.5. The molecule has 0 fully saturated rings. The molecule has 0 unspecified atom stereocenters. The van der Waals surface area contributed by atoms with E-state index in [0.29, 0.717) is 0 Å². The number of fused-ring (bicyclic) bond motifs is 16. The normalized spacial score (nSPS) is 11.8. The van der Waals surface area contributed by atoms with Crippen LogP contribution in [0, 0.1) is 48.7 Å². The zero-order valence-corrected chi connectivity index (χ0v) is 88.7. The number of aryl methyl sites for hydroxylation is 2. The standard InChI is InChI=1S/C33H25N6S.C33H19N4.C30H18N4S.C28H15N3S2.4Pd/c1-36-18-16-23-24(20-37(2)33(23)36)26-14-15-29-32(35-26)39(28-11-5-4-10-27(28)38(29)3)31-13-7-9-25(34-31)21-8-6-12-30-22(21)17-19-40-30;1-4-11-28-23(8-1)18-20-35(28)25-16-17-27-26-10-3-6-13-30(26)37(31(27)22-25)33-15-7-14-32(34-33)36-21-19-24-9-2-5-12-29(24)36;1-2-9-21(10-3-1)23-12-8-16-29(31-23)34-25-14-6-7-15-26(25)35-27-17-18-28(32-30(27)34)33-20-19-22-11-4-5-13-24(22)33;1-2-7-18(8-3-1)23-14-13-20-19-9-4-5-11-25(19)31(27(20)30-23)26-12-6-10-24(29-26)22-17-33-28-21(22)15-16-32-28;;;;/h4-16,18-20H,1-3H3;1-11,13-19,21H;1-9,11-12,14-20H;1-7,9-14,16-17H;;;;/q-1;-3;2*-2;;3*+2. The number of para-hydroxylation sites is 8. The van der Waals surface area contributed by atoms with Gasteiger partial charge in [0.05, 0.1) is 47.3 Å². The van der Waals surface area contributed by atoms with Crippen molar-refractivity contribution < 1.29 is 86.3 Å². The minimum atomic E-state index is 0. The molecule has 19 heterocycles. The van der Waals surface area contributed by atoms with Crippen molar-refractivity contribution in [3.8, 4) is 85.2 Å². The Morgan fingerprint density at radius 1 is 0.362 bits per heavy atom. The Labute approximate surface area is 928 Å². The van der Waals surface area contributed by atoms with Crippen molar-refractivity contribution >= 4 is 199 Å². The number of hydrogen-bond donors (Lipinski definition) is 0. The number of anilines is 8. The molecule has 0 bridgehead atoms. The Morgan fingerprint density at radius 3 is 1.68 bits per heavy atom. The van der Waals surface area contributed by atoms with Crippen LogP contribution < -0.4 is 19.3 Å². The van der Waals surface area contributed by atoms with Crippen LogP contribution in [0.5, 0.6) is 0 Å². The minimum absolute atomic E-state index is 0. The van der Waals surface area contributed by atoms with E-state index in [1.807, 2.05) is 120 Å². The topological polar surface area (TPSA) is 133 Å². The summed E-state index contributed by atoms with van der Waals surface area (Å²) in [7, 11) is 6.26. The first-order valence-electron chi connectivity index (χ1n) is 47.4. The summed E-state index contributed by atoms with van der Waals surface area (Å²) >= 11 is 6.91. The summed E-state index contributed by atoms with van der Waals surface area (Å²) in [5.41, 5.74) is 23.4. The molecule has 0 saturated heterocycles. The molecule has 2 aliphatic heterocycles. The van der Waals surface area contributed by atoms with E-state index in [-0.39, 0.29) is 81.7 Å². The van der Waals surface area contributed by atoms with Crippen molar-refractivity contribution in [2.24, 2.45) is 14.1 Å². The Bertz CT molecular complexity index is 9920. The van der Waals surface area contributed by atoms with Gasteiger partial charge in [-0.2, -0.15) is 95.3 Å². The van der Waals surface area contributed by atoms with Crippen molar-refractivity contribution in [1.82, 2.24) is 62.3 Å². The molecule has 30 rings (SSSR count). The van der Waals surface area contributed by atoms with Crippen LogP contribution in [0.4, 0.5) is 46.0 Å². The average molecular weight is 2360 g/mol. The summed E-state index contributed by atoms with van der Waals surface area (Å²) in [6.07, 6.45) is 11.8. The maximum Gasteiger partial charge on any atom is 2.00 e. The SMILES string of the molecule is CN1c2ccccc2N(c2cccc(-c3cccc4sc[c-]c34)n2)c2nc(-c3cn(C)c4c3[cH-]c[n+]4C)ccc21.[Pd+2].[Pd+2].[Pd+2].[Pd].[c-]1cccc2ccn(-c3cccc(-n4c5[c-]c(-n6[c-]cc7ccccc76)ccc5c5ccccc54)n3)c12.[c-]1ccccc1-c1ccc2c3ccccc3n(-c3cccc(-c4csc5sc[c-]c45)n3)c2n1.[c-]1ccccc1-c1cccc(N2c3ccccc3Sc3ccc(-n4ccc5ccc[c-]c54)nc32)n1. The number of benzene rings is 11. The molecule has 25 heteroatoms. The second kappa shape index (κ2) is 41.0. The zero-order valence-electron chi connectivity index (χ0n) is 79.3. The average Bonchev–Trinajstić information content (AvgIpc) is 1.42. The van der Waals surface area contributed by atoms with Gasteiger partial charge in [-0.05, 0) is 136 Å². The summed E-state index contributed by atoms with van der Waals surface area (Å²) in [5, 5.41) is 17.7. The number of hydrogen-bond acceptors (Lipinski definition) is 14. The molecule has 11 aromatic carbocycles. The van der Waals surface area contributed by atoms with Gasteiger partial charge in [-0.15, -0.1) is 129 Å². The van der Waals surface area contributed by atoms with Gasteiger partial charge in [0.25, 0.3) is 0 Å². The predicted octanol–water partition coefficient (Wildman–Crippen LogP) is 30.3. The quantitative estimate of drug-likeness (QED) is 0.0657. The first-order chi connectivity index (χ1) is 71.6. The fourth-order valence-electron chi connectivity index (χ4n) is 20.1. The van der Waals surface area contributed by atoms with E-state index in [1.54, 1.807) is 45.8 Å². The van der Waals surface area contributed by atoms with Crippen LogP contribution in [0.25, 0.3) is 192 Å². The fourth-order valence-corrected chi connectivity index (χ4v) is 23.7. The van der Waals surface area contributed by atoms with E-state index in [0.717, 1.165) is 213 Å². The van der Waals surface area contributed by atoms with Gasteiger partial charge in [0.2, 0.25) is 0 Å². The Balaban J connectivity index is 0.000000108. The Morgan fingerprint density at radius 2 is 0.933 bits per heavy atom. The molecule has 0 spiro atoms. The van der Waals surface area contributed by atoms with Gasteiger partial charge in [-0.1, -0.05) is 217 Å². The summed E-state index contributed by atoms with van der Waals surface area (Å²) in [6.45, 7) is 0. The van der Waals surface area contributed by atoms with E-state index in [9.17, 15) is 0 Å². The van der Waals surface area contributed by atoms with Gasteiger partial charge in [0.15, 0.2) is 17.3 Å². The zero-order chi connectivity index (χ0) is 96.3. The van der Waals surface area contributed by atoms with Crippen LogP contribution in [0.15, 0.2) is 421 Å². The van der Waals surface area contributed by atoms with E-state index < -0.39 is 0 Å². The maximum atomic E-state index is 5.32. The van der Waals surface area contributed by atoms with Crippen molar-refractivity contribution in [2.75, 3.05) is 21.7 Å². The first kappa shape index (κ1) is 97.0. The second-order valence-electron chi connectivity index (χ2n) is 35.3. The maximum absolute atomic E-state index is 5.32. The monoisotopic (exact) mass is 2360 g/mol. The van der Waals surface area contributed by atoms with E-state index >= 15 is 0 Å². The molecule has 17 nitrogen and oxygen atoms in total. The Kier molecular flexibility index (Phi) is 26.7. The molecular formula is C124H77N17Pd4S4-2. The van der Waals surface area contributed by atoms with Gasteiger partial charge in [-0.25, -0.2) is 58.9 Å². The number of rotatable bonds is 12. The fraction of sp³-hybridized carbons (Fsp3) is 0.0242. The number of thiophene rings is 3. The number of pyridine rings is 7. The smallest absolute Gasteiger partial charge is 0.465 e. The van der Waals surface area contributed by atoms with Crippen molar-refractivity contribution in [2.45, 2.75) is 9.79 Å². The minimum Gasteiger partial charge on any atom is -0.465 e. The summed E-state index contributed by atoms with van der Waals surface area (Å²) in [5.74, 6) is 6.77. The van der Waals surface area contributed by atoms with Gasteiger partial charge < -0.3 is 32.3 Å². The molecule has 0 amide bonds. The van der Waals surface area contributed by atoms with Gasteiger partial charge >= 0.3 is 61.3 Å².